The maximum Gasteiger partial charge on any atom is 0.271 e. The quantitative estimate of drug-likeness (QED) is 0.697. The number of hydrogen-bond donors (Lipinski definition) is 2. The van der Waals surface area contributed by atoms with Crippen LogP contribution in [0.2, 0.25) is 5.02 Å². The molecule has 4 heteroatoms. The number of nitrogens with two attached hydrogens (primary N) is 1. The summed E-state index contributed by atoms with van der Waals surface area (Å²) in [7, 11) is 0. The second kappa shape index (κ2) is 3.03. The Kier molecular flexibility index (Phi) is 1.97. The first-order valence-corrected chi connectivity index (χ1v) is 4.55. The van der Waals surface area contributed by atoms with E-state index in [1.165, 1.54) is 0 Å². The molecular formula is C10H9ClN2O. The largest absolute Gasteiger partial charge is 0.394 e. The van der Waals surface area contributed by atoms with E-state index in [1.807, 2.05) is 13.0 Å². The van der Waals surface area contributed by atoms with Crippen molar-refractivity contribution in [2.45, 2.75) is 6.92 Å². The summed E-state index contributed by atoms with van der Waals surface area (Å²) < 4.78 is 0. The zero-order chi connectivity index (χ0) is 10.3. The number of aryl methyl sites for hydroxylation is 1. The summed E-state index contributed by atoms with van der Waals surface area (Å²) in [6.45, 7) is 1.82. The first-order valence-electron chi connectivity index (χ1n) is 4.17. The Morgan fingerprint density at radius 2 is 2.14 bits per heavy atom. The maximum atomic E-state index is 11.3. The second-order valence-electron chi connectivity index (χ2n) is 3.18. The molecule has 0 aliphatic carbocycles. The number of halogens is 1. The van der Waals surface area contributed by atoms with Gasteiger partial charge < -0.3 is 10.7 Å². The number of H-pyrrole nitrogens is 1. The third-order valence-corrected chi connectivity index (χ3v) is 2.52. The monoisotopic (exact) mass is 208 g/mol. The van der Waals surface area contributed by atoms with Crippen molar-refractivity contribution in [1.29, 1.82) is 0 Å². The van der Waals surface area contributed by atoms with E-state index in [2.05, 4.69) is 4.98 Å². The Morgan fingerprint density at radius 3 is 2.86 bits per heavy atom. The molecule has 0 atom stereocenters. The molecule has 0 radical (unpaired) electrons. The zero-order valence-electron chi connectivity index (χ0n) is 7.60. The van der Waals surface area contributed by atoms with Gasteiger partial charge in [0.25, 0.3) is 5.56 Å². The van der Waals surface area contributed by atoms with Gasteiger partial charge in [0.15, 0.2) is 0 Å². The van der Waals surface area contributed by atoms with Crippen LogP contribution in [0.3, 0.4) is 0 Å². The van der Waals surface area contributed by atoms with Crippen molar-refractivity contribution in [3.63, 3.8) is 0 Å². The molecule has 0 bridgehead atoms. The Hall–Kier alpha value is -1.48. The SMILES string of the molecule is Cc1c(N)c(=O)[nH]c2cc(Cl)ccc12. The van der Waals surface area contributed by atoms with Gasteiger partial charge in [-0.05, 0) is 24.6 Å². The highest BCUT2D eigenvalue weighted by Gasteiger charge is 2.05. The first kappa shape index (κ1) is 9.09. The predicted octanol–water partition coefficient (Wildman–Crippen LogP) is 2.07. The number of nitrogen functional groups attached to an aromatic ring is 1. The highest BCUT2D eigenvalue weighted by Crippen LogP contribution is 2.21. The van der Waals surface area contributed by atoms with Gasteiger partial charge in [0.2, 0.25) is 0 Å². The van der Waals surface area contributed by atoms with Gasteiger partial charge in [-0.2, -0.15) is 0 Å². The molecule has 1 aromatic heterocycles. The molecule has 72 valence electrons. The van der Waals surface area contributed by atoms with Crippen LogP contribution in [0.25, 0.3) is 10.9 Å². The number of aromatic amines is 1. The minimum absolute atomic E-state index is 0.264. The molecule has 0 aliphatic rings. The summed E-state index contributed by atoms with van der Waals surface area (Å²) >= 11 is 5.81. The average Bonchev–Trinajstić information content (AvgIpc) is 2.14. The van der Waals surface area contributed by atoms with Crippen molar-refractivity contribution < 1.29 is 0 Å². The number of aromatic nitrogens is 1. The molecule has 0 spiro atoms. The van der Waals surface area contributed by atoms with Crippen LogP contribution in [-0.4, -0.2) is 4.98 Å². The Balaban J connectivity index is 2.98. The van der Waals surface area contributed by atoms with Crippen molar-refractivity contribution in [2.75, 3.05) is 5.73 Å². The third-order valence-electron chi connectivity index (χ3n) is 2.28. The number of hydrogen-bond acceptors (Lipinski definition) is 2. The molecule has 0 amide bonds. The summed E-state index contributed by atoms with van der Waals surface area (Å²) in [5, 5.41) is 1.52. The van der Waals surface area contributed by atoms with Crippen molar-refractivity contribution in [3.8, 4) is 0 Å². The first-order chi connectivity index (χ1) is 6.59. The molecular weight excluding hydrogens is 200 g/mol. The van der Waals surface area contributed by atoms with Crippen LogP contribution in [0.5, 0.6) is 0 Å². The van der Waals surface area contributed by atoms with Gasteiger partial charge in [-0.15, -0.1) is 0 Å². The predicted molar refractivity (Wildman–Crippen MR) is 58.7 cm³/mol. The van der Waals surface area contributed by atoms with E-state index >= 15 is 0 Å². The number of anilines is 1. The van der Waals surface area contributed by atoms with Gasteiger partial charge >= 0.3 is 0 Å². The molecule has 2 aromatic rings. The second-order valence-corrected chi connectivity index (χ2v) is 3.62. The molecule has 0 saturated heterocycles. The molecule has 2 rings (SSSR count). The van der Waals surface area contributed by atoms with Crippen molar-refractivity contribution in [3.05, 3.63) is 39.1 Å². The zero-order valence-corrected chi connectivity index (χ0v) is 8.35. The van der Waals surface area contributed by atoms with E-state index < -0.39 is 0 Å². The minimum atomic E-state index is -0.266. The van der Waals surface area contributed by atoms with Crippen LogP contribution in [0, 0.1) is 6.92 Å². The van der Waals surface area contributed by atoms with Gasteiger partial charge in [-0.1, -0.05) is 17.7 Å². The fourth-order valence-corrected chi connectivity index (χ4v) is 1.62. The third kappa shape index (κ3) is 1.26. The van der Waals surface area contributed by atoms with Crippen molar-refractivity contribution in [1.82, 2.24) is 4.98 Å². The molecule has 3 N–H and O–H groups in total. The highest BCUT2D eigenvalue weighted by atomic mass is 35.5. The number of nitrogens with one attached hydrogen (secondary N) is 1. The molecule has 1 aromatic carbocycles. The summed E-state index contributed by atoms with van der Waals surface area (Å²) in [4.78, 5) is 14.0. The van der Waals surface area contributed by atoms with E-state index in [0.29, 0.717) is 10.5 Å². The number of rotatable bonds is 0. The summed E-state index contributed by atoms with van der Waals surface area (Å²) in [6.07, 6.45) is 0. The summed E-state index contributed by atoms with van der Waals surface area (Å²) in [5.74, 6) is 0. The summed E-state index contributed by atoms with van der Waals surface area (Å²) in [6, 6.07) is 5.33. The van der Waals surface area contributed by atoms with Crippen LogP contribution in [0.15, 0.2) is 23.0 Å². The standard InChI is InChI=1S/C10H9ClN2O/c1-5-7-3-2-6(11)4-8(7)13-10(14)9(5)12/h2-4H,12H2,1H3,(H,13,14). The molecule has 0 aliphatic heterocycles. The van der Waals surface area contributed by atoms with E-state index in [9.17, 15) is 4.79 Å². The van der Waals surface area contributed by atoms with E-state index in [0.717, 1.165) is 10.9 Å². The molecule has 0 saturated carbocycles. The van der Waals surface area contributed by atoms with Gasteiger partial charge in [0.05, 0.1) is 5.52 Å². The minimum Gasteiger partial charge on any atom is -0.394 e. The Labute approximate surface area is 85.5 Å². The van der Waals surface area contributed by atoms with Gasteiger partial charge in [-0.25, -0.2) is 0 Å². The Bertz CT molecular complexity index is 560. The number of fused-ring (bicyclic) bond motifs is 1. The van der Waals surface area contributed by atoms with Crippen LogP contribution in [0.4, 0.5) is 5.69 Å². The van der Waals surface area contributed by atoms with Crippen LogP contribution >= 0.6 is 11.6 Å². The van der Waals surface area contributed by atoms with Crippen molar-refractivity contribution in [2.24, 2.45) is 0 Å². The fraction of sp³-hybridized carbons (Fsp3) is 0.100. The molecule has 0 fully saturated rings. The lowest BCUT2D eigenvalue weighted by Gasteiger charge is -2.04. The van der Waals surface area contributed by atoms with Gasteiger partial charge in [0.1, 0.15) is 5.69 Å². The molecule has 0 unspecified atom stereocenters. The normalized spacial score (nSPS) is 10.7. The summed E-state index contributed by atoms with van der Waals surface area (Å²) in [5.41, 5.74) is 7.12. The molecule has 1 heterocycles. The maximum absolute atomic E-state index is 11.3. The van der Waals surface area contributed by atoms with Crippen molar-refractivity contribution >= 4 is 28.2 Å². The lowest BCUT2D eigenvalue weighted by atomic mass is 10.1. The Morgan fingerprint density at radius 1 is 1.43 bits per heavy atom. The number of pyridine rings is 1. The number of benzene rings is 1. The highest BCUT2D eigenvalue weighted by molar-refractivity contribution is 6.31. The fourth-order valence-electron chi connectivity index (χ4n) is 1.45. The average molecular weight is 209 g/mol. The topological polar surface area (TPSA) is 58.9 Å². The van der Waals surface area contributed by atoms with Crippen LogP contribution < -0.4 is 11.3 Å². The lowest BCUT2D eigenvalue weighted by Crippen LogP contribution is -2.13. The van der Waals surface area contributed by atoms with E-state index in [4.69, 9.17) is 17.3 Å². The molecule has 3 nitrogen and oxygen atoms in total. The van der Waals surface area contributed by atoms with Gasteiger partial charge in [0, 0.05) is 10.4 Å². The lowest BCUT2D eigenvalue weighted by molar-refractivity contribution is 1.28. The van der Waals surface area contributed by atoms with Crippen LogP contribution in [-0.2, 0) is 0 Å². The smallest absolute Gasteiger partial charge is 0.271 e. The van der Waals surface area contributed by atoms with Gasteiger partial charge in [-0.3, -0.25) is 4.79 Å². The van der Waals surface area contributed by atoms with E-state index in [1.54, 1.807) is 12.1 Å². The van der Waals surface area contributed by atoms with Crippen LogP contribution in [0.1, 0.15) is 5.56 Å². The molecule has 14 heavy (non-hydrogen) atoms. The van der Waals surface area contributed by atoms with E-state index in [-0.39, 0.29) is 11.2 Å².